The average molecular weight is 914 g/mol. The number of para-hydroxylation sites is 1. The van der Waals surface area contributed by atoms with E-state index in [-0.39, 0.29) is 27.0 Å². The second-order valence-electron chi connectivity index (χ2n) is 17.3. The molecule has 0 radical (unpaired) electrons. The van der Waals surface area contributed by atoms with Crippen molar-refractivity contribution in [3.8, 4) is 23.0 Å². The zero-order valence-corrected chi connectivity index (χ0v) is 37.0. The van der Waals surface area contributed by atoms with Crippen LogP contribution >= 0.6 is 0 Å². The monoisotopic (exact) mass is 913 g/mol. The molecule has 0 fully saturated rings. The summed E-state index contributed by atoms with van der Waals surface area (Å²) in [5.41, 5.74) is 10.6. The molecule has 290 valence electrons. The van der Waals surface area contributed by atoms with Crippen LogP contribution in [0.4, 0.5) is 0 Å². The number of pyridine rings is 1. The van der Waals surface area contributed by atoms with E-state index in [1.54, 1.807) is 5.57 Å². The maximum Gasteiger partial charge on any atom is 2.00 e. The number of allylic oxidation sites excluding steroid dienone is 2. The number of fused-ring (bicyclic) bond motifs is 3. The molecular formula is C49H58N4OPt. The van der Waals surface area contributed by atoms with Crippen LogP contribution in [0.1, 0.15) is 121 Å². The fraction of sp³-hybridized carbons (Fsp3) is 0.429. The minimum atomic E-state index is 0. The Kier molecular flexibility index (Phi) is 12.0. The van der Waals surface area contributed by atoms with Gasteiger partial charge in [0.2, 0.25) is 0 Å². The van der Waals surface area contributed by atoms with Gasteiger partial charge in [-0.2, -0.15) is 11.2 Å². The molecular weight excluding hydrogens is 856 g/mol. The molecule has 3 aromatic carbocycles. The summed E-state index contributed by atoms with van der Waals surface area (Å²) in [7, 11) is 0. The molecule has 0 bridgehead atoms. The Bertz CT molecular complexity index is 2340. The van der Waals surface area contributed by atoms with E-state index in [1.807, 2.05) is 12.3 Å². The minimum absolute atomic E-state index is 0. The molecule has 7 rings (SSSR count). The summed E-state index contributed by atoms with van der Waals surface area (Å²) in [6, 6.07) is 28.6. The summed E-state index contributed by atoms with van der Waals surface area (Å²) in [5.74, 6) is 6.04. The average Bonchev–Trinajstić information content (AvgIpc) is 3.62. The van der Waals surface area contributed by atoms with E-state index in [0.29, 0.717) is 52.9 Å². The molecule has 0 saturated carbocycles. The number of benzene rings is 3. The van der Waals surface area contributed by atoms with Gasteiger partial charge in [0.25, 0.3) is 0 Å². The Morgan fingerprint density at radius 2 is 1.47 bits per heavy atom. The summed E-state index contributed by atoms with van der Waals surface area (Å²) in [6.45, 7) is 27.6. The molecule has 0 spiro atoms. The fourth-order valence-electron chi connectivity index (χ4n) is 8.77. The summed E-state index contributed by atoms with van der Waals surface area (Å²) in [4.78, 5) is 4.83. The van der Waals surface area contributed by atoms with Gasteiger partial charge in [-0.05, 0) is 96.5 Å². The van der Waals surface area contributed by atoms with Crippen LogP contribution in [0.15, 0.2) is 78.5 Å². The summed E-state index contributed by atoms with van der Waals surface area (Å²) < 4.78 is 11.0. The normalized spacial score (nSPS) is 17.6. The maximum absolute atomic E-state index is 6.72. The van der Waals surface area contributed by atoms with Crippen molar-refractivity contribution in [1.82, 2.24) is 19.3 Å². The molecule has 3 atom stereocenters. The summed E-state index contributed by atoms with van der Waals surface area (Å²) in [5, 5.41) is 7.54. The molecule has 5 nitrogen and oxygen atoms in total. The van der Waals surface area contributed by atoms with Crippen molar-refractivity contribution in [3.63, 3.8) is 0 Å². The smallest absolute Gasteiger partial charge is 0.509 e. The van der Waals surface area contributed by atoms with Crippen LogP contribution in [0.25, 0.3) is 33.3 Å². The second-order valence-corrected chi connectivity index (χ2v) is 17.3. The first kappa shape index (κ1) is 40.7. The van der Waals surface area contributed by atoms with E-state index in [9.17, 15) is 0 Å². The van der Waals surface area contributed by atoms with E-state index >= 15 is 0 Å². The quantitative estimate of drug-likeness (QED) is 0.102. The predicted molar refractivity (Wildman–Crippen MR) is 224 cm³/mol. The van der Waals surface area contributed by atoms with Crippen LogP contribution in [-0.2, 0) is 21.1 Å². The molecule has 1 unspecified atom stereocenters. The molecule has 0 saturated heterocycles. The van der Waals surface area contributed by atoms with Gasteiger partial charge in [-0.25, -0.2) is 4.98 Å². The van der Waals surface area contributed by atoms with E-state index < -0.39 is 0 Å². The SMILES string of the molecule is Cc1nn(-c2[c-]c(Oc3[c-]c4c(cc3)c3ccccc3n4-c3cc(C(C)C)ccn3)cc(C(C)C)c2)c(C)c1C1C(C(C)C)=C[C@H](C(C)C)C[C@@H]1C(C)C.[Pt+2]. The Labute approximate surface area is 343 Å². The van der Waals surface area contributed by atoms with Gasteiger partial charge < -0.3 is 9.30 Å². The third kappa shape index (κ3) is 7.76. The molecule has 3 aromatic heterocycles. The van der Waals surface area contributed by atoms with Crippen molar-refractivity contribution < 1.29 is 25.8 Å². The molecule has 55 heavy (non-hydrogen) atoms. The fourth-order valence-corrected chi connectivity index (χ4v) is 8.77. The van der Waals surface area contributed by atoms with E-state index in [2.05, 4.69) is 165 Å². The zero-order chi connectivity index (χ0) is 38.6. The van der Waals surface area contributed by atoms with Gasteiger partial charge in [-0.3, -0.25) is 4.68 Å². The van der Waals surface area contributed by atoms with Crippen LogP contribution < -0.4 is 4.74 Å². The van der Waals surface area contributed by atoms with Crippen molar-refractivity contribution in [1.29, 1.82) is 0 Å². The predicted octanol–water partition coefficient (Wildman–Crippen LogP) is 13.2. The Morgan fingerprint density at radius 3 is 2.15 bits per heavy atom. The van der Waals surface area contributed by atoms with Gasteiger partial charge in [-0.1, -0.05) is 105 Å². The topological polar surface area (TPSA) is 44.9 Å². The van der Waals surface area contributed by atoms with Gasteiger partial charge in [0.15, 0.2) is 0 Å². The van der Waals surface area contributed by atoms with Crippen molar-refractivity contribution in [2.24, 2.45) is 29.6 Å². The molecule has 1 aliphatic rings. The first-order valence-electron chi connectivity index (χ1n) is 20.2. The number of rotatable bonds is 10. The van der Waals surface area contributed by atoms with Gasteiger partial charge >= 0.3 is 21.1 Å². The van der Waals surface area contributed by atoms with Gasteiger partial charge in [0.05, 0.1) is 5.69 Å². The molecule has 6 aromatic rings. The minimum Gasteiger partial charge on any atom is -0.509 e. The number of nitrogens with zero attached hydrogens (tertiary/aromatic N) is 4. The van der Waals surface area contributed by atoms with Crippen LogP contribution in [0.5, 0.6) is 11.5 Å². The molecule has 3 heterocycles. The molecule has 0 aliphatic heterocycles. The number of aryl methyl sites for hydroxylation is 1. The largest absolute Gasteiger partial charge is 2.00 e. The summed E-state index contributed by atoms with van der Waals surface area (Å²) >= 11 is 0. The standard InChI is InChI=1S/C49H58N4O.Pt/c1-28(2)35-19-20-50-47(25-35)52-45-16-14-13-15-41(45)42-18-17-39(27-46(42)52)54-40-22-36(29(3)4)21-38(26-40)53-34(12)48(33(11)51-53)49-43(31(7)8)23-37(30(5)6)24-44(49)32(9)10;/h13-23,25,28-32,37,44,49H,24H2,1-12H3;/q-2;+2/t37-,44+,49?;/m0./s1. The van der Waals surface area contributed by atoms with Crippen molar-refractivity contribution in [3.05, 3.63) is 119 Å². The first-order chi connectivity index (χ1) is 25.7. The van der Waals surface area contributed by atoms with Crippen LogP contribution in [0.2, 0.25) is 0 Å². The van der Waals surface area contributed by atoms with Crippen molar-refractivity contribution in [2.75, 3.05) is 0 Å². The van der Waals surface area contributed by atoms with Gasteiger partial charge in [0, 0.05) is 40.4 Å². The van der Waals surface area contributed by atoms with E-state index in [1.165, 1.54) is 28.8 Å². The number of hydrogen-bond donors (Lipinski definition) is 0. The van der Waals surface area contributed by atoms with E-state index in [0.717, 1.165) is 39.0 Å². The Hall–Kier alpha value is -3.95. The third-order valence-corrected chi connectivity index (χ3v) is 12.0. The third-order valence-electron chi connectivity index (χ3n) is 12.0. The van der Waals surface area contributed by atoms with Crippen LogP contribution in [-0.4, -0.2) is 19.3 Å². The van der Waals surface area contributed by atoms with Gasteiger partial charge in [-0.15, -0.1) is 41.3 Å². The number of aromatic nitrogens is 4. The van der Waals surface area contributed by atoms with Crippen molar-refractivity contribution in [2.45, 2.75) is 107 Å². The van der Waals surface area contributed by atoms with E-state index in [4.69, 9.17) is 14.8 Å². The zero-order valence-electron chi connectivity index (χ0n) is 34.8. The first-order valence-corrected chi connectivity index (χ1v) is 20.2. The molecule has 6 heteroatoms. The molecule has 0 amide bonds. The number of hydrogen-bond acceptors (Lipinski definition) is 3. The maximum atomic E-state index is 6.72. The van der Waals surface area contributed by atoms with Crippen LogP contribution in [0, 0.1) is 55.6 Å². The Morgan fingerprint density at radius 1 is 0.745 bits per heavy atom. The number of ether oxygens (including phenoxy) is 1. The van der Waals surface area contributed by atoms with Crippen LogP contribution in [0.3, 0.4) is 0 Å². The second kappa shape index (κ2) is 16.3. The Balaban J connectivity index is 0.00000514. The van der Waals surface area contributed by atoms with Crippen molar-refractivity contribution >= 4 is 21.8 Å². The van der Waals surface area contributed by atoms with Gasteiger partial charge in [0.1, 0.15) is 5.82 Å². The molecule has 0 N–H and O–H groups in total. The molecule has 1 aliphatic carbocycles. The summed E-state index contributed by atoms with van der Waals surface area (Å²) in [6.07, 6.45) is 5.74.